The van der Waals surface area contributed by atoms with Crippen molar-refractivity contribution in [1.29, 1.82) is 0 Å². The number of phenolic OH excluding ortho intramolecular Hbond substituents is 2. The molecule has 11 heterocycles. The maximum atomic E-state index is 16.0. The third-order valence-corrected chi connectivity index (χ3v) is 29.5. The van der Waals surface area contributed by atoms with E-state index in [-0.39, 0.29) is 92.3 Å². The summed E-state index contributed by atoms with van der Waals surface area (Å²) in [6, 6.07) is 28.6. The number of benzene rings is 6. The highest BCUT2D eigenvalue weighted by atomic mass is 33.1. The molecule has 1 aromatic heterocycles. The molecule has 10 aliphatic heterocycles. The van der Waals surface area contributed by atoms with E-state index in [9.17, 15) is 35.7 Å². The van der Waals surface area contributed by atoms with Crippen LogP contribution in [0.1, 0.15) is 201 Å². The zero-order valence-corrected chi connectivity index (χ0v) is 56.2. The maximum absolute atomic E-state index is 16.0. The van der Waals surface area contributed by atoms with Gasteiger partial charge >= 0.3 is 0 Å². The fraction of sp³-hybridized carbons (Fsp3) is 0.519. The van der Waals surface area contributed by atoms with Gasteiger partial charge in [0.05, 0.1) is 28.6 Å². The first-order chi connectivity index (χ1) is 44.7. The molecule has 14 aliphatic rings. The number of aliphatic hydroxyl groups is 4. The number of nitrogens with one attached hydrogen (secondary N) is 1. The van der Waals surface area contributed by atoms with Crippen molar-refractivity contribution >= 4 is 64.9 Å². The lowest BCUT2D eigenvalue weighted by atomic mass is 9.59. The van der Waals surface area contributed by atoms with E-state index < -0.39 is 41.0 Å². The van der Waals surface area contributed by atoms with Crippen molar-refractivity contribution in [2.75, 3.05) is 18.9 Å². The van der Waals surface area contributed by atoms with Gasteiger partial charge in [0.25, 0.3) is 0 Å². The maximum Gasteiger partial charge on any atom is 0.238 e. The van der Waals surface area contributed by atoms with E-state index in [0.29, 0.717) is 72.8 Å². The van der Waals surface area contributed by atoms with Gasteiger partial charge in [0.2, 0.25) is 11.2 Å². The summed E-state index contributed by atoms with van der Waals surface area (Å²) in [5.41, 5.74) is 11.1. The molecule has 21 rings (SSSR count). The van der Waals surface area contributed by atoms with Gasteiger partial charge in [0.1, 0.15) is 34.3 Å². The highest BCUT2D eigenvalue weighted by Crippen LogP contribution is 2.62. The van der Waals surface area contributed by atoms with Gasteiger partial charge in [-0.1, -0.05) is 137 Å². The molecule has 0 amide bonds. The molecule has 20 bridgehead atoms. The molecule has 4 aliphatic carbocycles. The summed E-state index contributed by atoms with van der Waals surface area (Å²) >= 11 is 0. The van der Waals surface area contributed by atoms with E-state index in [4.69, 9.17) is 9.15 Å². The van der Waals surface area contributed by atoms with E-state index in [1.807, 2.05) is 16.9 Å². The van der Waals surface area contributed by atoms with E-state index in [1.54, 1.807) is 32.4 Å². The number of aromatic hydroxyl groups is 3. The standard InChI is InChI=1S/C77H87NO10S4/c1-40(2)28-47-33-54-57-39-90-91-62-34-49(38-78-68(62)46-9-6-8-43(30-46)31-53(57)69(47)82)77(21-4-3-5-22-77)48-14-11-41(12-15-48)29-42-17-23-76(86,24-18-42)25-19-44-32-45-13-16-51-66-63(45)52(50(44)20-26-79)35-55-64(66)56-36-60(58(80)10-7-27-89-92-75(51)70(56)83)87-74-65(55)59(81)37-61-67(74)71(84)72(85)73(54)88-61/h6,8-9,11-16,30,33,35,37,40,42,44,49-50,56,58,60,62,68,70,75,78-83,85-86H,3-5,7,10,17-29,31-32,34,36,38-39H2,1-2H3/t42?,44-,49+,50+,56+,58+,60+,62-,68-,70+,75+,76?/m1/s1. The van der Waals surface area contributed by atoms with E-state index >= 15 is 4.79 Å². The molecule has 6 aromatic carbocycles. The molecule has 92 heavy (non-hydrogen) atoms. The van der Waals surface area contributed by atoms with Gasteiger partial charge in [-0.2, -0.15) is 0 Å². The average molecular weight is 1310 g/mol. The number of fused-ring (bicyclic) bond motifs is 8. The molecule has 4 fully saturated rings. The van der Waals surface area contributed by atoms with Crippen molar-refractivity contribution in [3.63, 3.8) is 0 Å². The average Bonchev–Trinajstić information content (AvgIpc) is 0.729. The first kappa shape index (κ1) is 62.0. The Morgan fingerprint density at radius 2 is 1.58 bits per heavy atom. The van der Waals surface area contributed by atoms with Crippen LogP contribution in [0.5, 0.6) is 23.0 Å². The lowest BCUT2D eigenvalue weighted by Gasteiger charge is -2.49. The van der Waals surface area contributed by atoms with Gasteiger partial charge in [0, 0.05) is 58.9 Å². The van der Waals surface area contributed by atoms with E-state index in [1.165, 1.54) is 47.6 Å². The quantitative estimate of drug-likeness (QED) is 0.0776. The SMILES string of the molecule is CC(C)Cc1cc2c3c(c1O)Cc1cccc(c1)[C@H]1NC[C@H](C[C@H]1SSC3)C1(CCCCC1)c1ccc(cc1)CC1CCC(O)(CC1)CC[C@@H]1Cc3ccc4c5c6c(cc(c35)[C@H]1CCO)-c1c(O)cc3oc-2c(O)c(=O)c3c1O[C@H]1C[C@@H]6[C@H](O)[C@H]4SSCCC[C@@H]1O. The molecule has 15 heteroatoms. The monoisotopic (exact) mass is 1310 g/mol. The summed E-state index contributed by atoms with van der Waals surface area (Å²) in [6.07, 6.45) is 13.4. The minimum atomic E-state index is -1.01. The Morgan fingerprint density at radius 3 is 2.38 bits per heavy atom. The summed E-state index contributed by atoms with van der Waals surface area (Å²) in [4.78, 5) is 16.0. The van der Waals surface area contributed by atoms with Crippen LogP contribution in [0.15, 0.2) is 88.1 Å². The fourth-order valence-corrected chi connectivity index (χ4v) is 25.1. The zero-order valence-electron chi connectivity index (χ0n) is 52.9. The Bertz CT molecular complexity index is 4080. The van der Waals surface area contributed by atoms with Gasteiger partial charge < -0.3 is 50.2 Å². The van der Waals surface area contributed by atoms with Gasteiger partial charge in [-0.05, 0) is 228 Å². The normalized spacial score (nSPS) is 29.9. The number of hydrogen-bond acceptors (Lipinski definition) is 15. The number of hydrogen-bond donors (Lipinski definition) is 8. The third-order valence-electron chi connectivity index (χ3n) is 23.8. The Morgan fingerprint density at radius 1 is 0.761 bits per heavy atom. The molecule has 11 nitrogen and oxygen atoms in total. The Hall–Kier alpha value is -4.81. The van der Waals surface area contributed by atoms with Crippen molar-refractivity contribution in [2.45, 2.75) is 206 Å². The number of piperidine rings is 1. The van der Waals surface area contributed by atoms with Gasteiger partial charge in [-0.15, -0.1) is 0 Å². The van der Waals surface area contributed by atoms with E-state index in [2.05, 4.69) is 85.9 Å². The van der Waals surface area contributed by atoms with Crippen LogP contribution in [-0.2, 0) is 36.9 Å². The number of phenols is 2. The van der Waals surface area contributed by atoms with Crippen LogP contribution in [0, 0.1) is 23.7 Å². The van der Waals surface area contributed by atoms with E-state index in [0.717, 1.165) is 121 Å². The summed E-state index contributed by atoms with van der Waals surface area (Å²) in [5, 5.41) is 93.9. The van der Waals surface area contributed by atoms with Crippen LogP contribution >= 0.6 is 43.2 Å². The second kappa shape index (κ2) is 24.7. The van der Waals surface area contributed by atoms with Crippen molar-refractivity contribution in [1.82, 2.24) is 5.32 Å². The molecule has 2 saturated heterocycles. The van der Waals surface area contributed by atoms with Crippen LogP contribution in [0.2, 0.25) is 0 Å². The predicted octanol–water partition coefficient (Wildman–Crippen LogP) is 16.1. The van der Waals surface area contributed by atoms with Gasteiger partial charge in [0.15, 0.2) is 5.76 Å². The first-order valence-corrected chi connectivity index (χ1v) is 39.3. The lowest BCUT2D eigenvalue weighted by Crippen LogP contribution is -2.50. The van der Waals surface area contributed by atoms with Crippen LogP contribution < -0.4 is 15.5 Å². The molecule has 7 aromatic rings. The molecule has 2 saturated carbocycles. The third kappa shape index (κ3) is 10.6. The number of ether oxygens (including phenoxy) is 1. The van der Waals surface area contributed by atoms with Gasteiger partial charge in [-0.25, -0.2) is 0 Å². The van der Waals surface area contributed by atoms with Crippen molar-refractivity contribution in [3.8, 4) is 45.4 Å². The van der Waals surface area contributed by atoms with Crippen LogP contribution in [-0.4, -0.2) is 83.8 Å². The lowest BCUT2D eigenvalue weighted by molar-refractivity contribution is -0.0222. The molecular weight excluding hydrogens is 1230 g/mol. The number of rotatable bonds is 4. The van der Waals surface area contributed by atoms with Crippen LogP contribution in [0.3, 0.4) is 0 Å². The predicted molar refractivity (Wildman–Crippen MR) is 374 cm³/mol. The van der Waals surface area contributed by atoms with Crippen LogP contribution in [0.4, 0.5) is 0 Å². The van der Waals surface area contributed by atoms with Crippen molar-refractivity contribution < 1.29 is 44.9 Å². The molecule has 484 valence electrons. The number of aliphatic hydroxyl groups excluding tert-OH is 3. The second-order valence-electron chi connectivity index (χ2n) is 29.6. The topological polar surface area (TPSA) is 193 Å². The Balaban J connectivity index is 0.913. The summed E-state index contributed by atoms with van der Waals surface area (Å²) in [7, 11) is 7.03. The smallest absolute Gasteiger partial charge is 0.238 e. The minimum absolute atomic E-state index is 0.00149. The zero-order chi connectivity index (χ0) is 62.9. The highest BCUT2D eigenvalue weighted by molar-refractivity contribution is 8.77. The largest absolute Gasteiger partial charge is 0.507 e. The Kier molecular flexibility index (Phi) is 16.6. The molecule has 0 unspecified atom stereocenters. The van der Waals surface area contributed by atoms with Crippen molar-refractivity contribution in [3.05, 3.63) is 150 Å². The van der Waals surface area contributed by atoms with Crippen molar-refractivity contribution in [2.24, 2.45) is 23.7 Å². The first-order valence-electron chi connectivity index (χ1n) is 34.6. The molecule has 0 radical (unpaired) electrons. The molecular formula is C77H87NO10S4. The highest BCUT2D eigenvalue weighted by Gasteiger charge is 2.49. The molecule has 1 spiro atoms. The fourth-order valence-electron chi connectivity index (χ4n) is 19.2. The minimum Gasteiger partial charge on any atom is -0.507 e. The second-order valence-corrected chi connectivity index (χ2v) is 34.9. The van der Waals surface area contributed by atoms with Gasteiger partial charge in [-0.3, -0.25) is 4.79 Å². The Labute approximate surface area is 555 Å². The summed E-state index contributed by atoms with van der Waals surface area (Å²) in [5.74, 6) is 0.893. The van der Waals surface area contributed by atoms with Crippen LogP contribution in [0.25, 0.3) is 44.2 Å². The summed E-state index contributed by atoms with van der Waals surface area (Å²) in [6.45, 7) is 5.08. The molecule has 8 N–H and O–H groups in total. The summed E-state index contributed by atoms with van der Waals surface area (Å²) < 4.78 is 14.2. The molecule has 10 atom stereocenters.